The van der Waals surface area contributed by atoms with Crippen molar-refractivity contribution in [1.29, 1.82) is 0 Å². The van der Waals surface area contributed by atoms with Gasteiger partial charge in [-0.1, -0.05) is 12.1 Å². The molecule has 1 fully saturated rings. The number of methoxy groups -OCH3 is 1. The van der Waals surface area contributed by atoms with Gasteiger partial charge in [0.05, 0.1) is 13.2 Å². The van der Waals surface area contributed by atoms with Crippen LogP contribution >= 0.6 is 11.3 Å². The van der Waals surface area contributed by atoms with Crippen LogP contribution in [0.25, 0.3) is 0 Å². The van der Waals surface area contributed by atoms with Crippen molar-refractivity contribution in [3.05, 3.63) is 46.2 Å². The molecule has 0 amide bonds. The lowest BCUT2D eigenvalue weighted by atomic mass is 10.0. The van der Waals surface area contributed by atoms with E-state index >= 15 is 0 Å². The van der Waals surface area contributed by atoms with Gasteiger partial charge in [0.25, 0.3) is 0 Å². The van der Waals surface area contributed by atoms with Crippen LogP contribution in [0.3, 0.4) is 0 Å². The predicted molar refractivity (Wildman–Crippen MR) is 85.3 cm³/mol. The van der Waals surface area contributed by atoms with Crippen molar-refractivity contribution in [3.8, 4) is 11.5 Å². The van der Waals surface area contributed by atoms with Gasteiger partial charge in [-0.25, -0.2) is 0 Å². The van der Waals surface area contributed by atoms with Crippen LogP contribution in [-0.2, 0) is 0 Å². The Morgan fingerprint density at radius 2 is 2.10 bits per heavy atom. The quantitative estimate of drug-likeness (QED) is 0.911. The lowest BCUT2D eigenvalue weighted by Gasteiger charge is -2.34. The van der Waals surface area contributed by atoms with Crippen LogP contribution in [0.2, 0.25) is 0 Å². The zero-order chi connectivity index (χ0) is 14.7. The maximum absolute atomic E-state index is 10.1. The number of piperazine rings is 1. The van der Waals surface area contributed by atoms with Crippen molar-refractivity contribution in [2.24, 2.45) is 0 Å². The number of ether oxygens (including phenoxy) is 1. The van der Waals surface area contributed by atoms with Gasteiger partial charge in [0, 0.05) is 31.1 Å². The van der Waals surface area contributed by atoms with Crippen molar-refractivity contribution in [2.75, 3.05) is 33.3 Å². The minimum absolute atomic E-state index is 0.198. The van der Waals surface area contributed by atoms with Crippen LogP contribution in [0.1, 0.15) is 16.5 Å². The average Bonchev–Trinajstić information content (AvgIpc) is 3.03. The standard InChI is InChI=1S/C16H20N2O2S/c1-20-14-5-4-12(11-13(14)19)16(15-3-2-10-21-15)18-8-6-17-7-9-18/h2-5,10-11,16-17,19H,6-9H2,1H3/t16-/m0/s1. The highest BCUT2D eigenvalue weighted by atomic mass is 32.1. The second kappa shape index (κ2) is 6.47. The summed E-state index contributed by atoms with van der Waals surface area (Å²) in [7, 11) is 1.57. The Bertz CT molecular complexity index is 580. The molecule has 0 bridgehead atoms. The van der Waals surface area contributed by atoms with Gasteiger partial charge < -0.3 is 15.2 Å². The van der Waals surface area contributed by atoms with Gasteiger partial charge in [-0.3, -0.25) is 4.90 Å². The molecule has 0 saturated carbocycles. The van der Waals surface area contributed by atoms with Gasteiger partial charge in [-0.05, 0) is 29.1 Å². The molecule has 2 aromatic rings. The molecule has 1 saturated heterocycles. The highest BCUT2D eigenvalue weighted by Crippen LogP contribution is 2.36. The van der Waals surface area contributed by atoms with Crippen LogP contribution in [0.5, 0.6) is 11.5 Å². The van der Waals surface area contributed by atoms with E-state index < -0.39 is 0 Å². The smallest absolute Gasteiger partial charge is 0.160 e. The number of thiophene rings is 1. The molecular formula is C16H20N2O2S. The topological polar surface area (TPSA) is 44.7 Å². The fraction of sp³-hybridized carbons (Fsp3) is 0.375. The highest BCUT2D eigenvalue weighted by Gasteiger charge is 2.25. The molecular weight excluding hydrogens is 284 g/mol. The molecule has 1 aromatic heterocycles. The molecule has 0 radical (unpaired) electrons. The third-order valence-corrected chi connectivity index (χ3v) is 4.77. The Kier molecular flexibility index (Phi) is 4.43. The van der Waals surface area contributed by atoms with E-state index in [1.807, 2.05) is 18.2 Å². The molecule has 5 heteroatoms. The van der Waals surface area contributed by atoms with E-state index in [1.165, 1.54) is 4.88 Å². The summed E-state index contributed by atoms with van der Waals surface area (Å²) in [5.41, 5.74) is 1.11. The second-order valence-corrected chi connectivity index (χ2v) is 6.11. The van der Waals surface area contributed by atoms with Crippen molar-refractivity contribution < 1.29 is 9.84 Å². The van der Waals surface area contributed by atoms with Crippen LogP contribution in [0, 0.1) is 0 Å². The summed E-state index contributed by atoms with van der Waals surface area (Å²) in [5.74, 6) is 0.718. The first-order valence-electron chi connectivity index (χ1n) is 7.14. The minimum Gasteiger partial charge on any atom is -0.504 e. The van der Waals surface area contributed by atoms with E-state index in [0.29, 0.717) is 5.75 Å². The lowest BCUT2D eigenvalue weighted by Crippen LogP contribution is -2.45. The van der Waals surface area contributed by atoms with E-state index in [0.717, 1.165) is 31.7 Å². The summed E-state index contributed by atoms with van der Waals surface area (Å²) in [6, 6.07) is 10.2. The third kappa shape index (κ3) is 3.05. The summed E-state index contributed by atoms with van der Waals surface area (Å²) in [6.07, 6.45) is 0. The van der Waals surface area contributed by atoms with Gasteiger partial charge in [0.15, 0.2) is 11.5 Å². The third-order valence-electron chi connectivity index (χ3n) is 3.85. The minimum atomic E-state index is 0.198. The summed E-state index contributed by atoms with van der Waals surface area (Å²) in [5, 5.41) is 15.6. The Balaban J connectivity index is 1.96. The van der Waals surface area contributed by atoms with E-state index in [1.54, 1.807) is 18.4 Å². The SMILES string of the molecule is COc1ccc([C@@H](c2cccs2)N2CCNCC2)cc1O. The Labute approximate surface area is 129 Å². The molecule has 3 rings (SSSR count). The Hall–Kier alpha value is -1.56. The number of phenols is 1. The zero-order valence-electron chi connectivity index (χ0n) is 12.1. The predicted octanol–water partition coefficient (Wildman–Crippen LogP) is 2.46. The van der Waals surface area contributed by atoms with Crippen molar-refractivity contribution in [1.82, 2.24) is 10.2 Å². The van der Waals surface area contributed by atoms with Gasteiger partial charge in [0.1, 0.15) is 0 Å². The monoisotopic (exact) mass is 304 g/mol. The van der Waals surface area contributed by atoms with Crippen LogP contribution in [0.4, 0.5) is 0 Å². The molecule has 1 aromatic carbocycles. The number of nitrogens with zero attached hydrogens (tertiary/aromatic N) is 1. The first-order chi connectivity index (χ1) is 10.3. The number of hydrogen-bond acceptors (Lipinski definition) is 5. The summed E-state index contributed by atoms with van der Waals surface area (Å²) < 4.78 is 5.14. The summed E-state index contributed by atoms with van der Waals surface area (Å²) >= 11 is 1.76. The maximum Gasteiger partial charge on any atom is 0.160 e. The Morgan fingerprint density at radius 1 is 1.29 bits per heavy atom. The summed E-state index contributed by atoms with van der Waals surface area (Å²) in [4.78, 5) is 3.77. The average molecular weight is 304 g/mol. The number of nitrogens with one attached hydrogen (secondary N) is 1. The molecule has 0 unspecified atom stereocenters. The normalized spacial score (nSPS) is 17.6. The molecule has 4 nitrogen and oxygen atoms in total. The Morgan fingerprint density at radius 3 is 2.71 bits per heavy atom. The van der Waals surface area contributed by atoms with E-state index in [-0.39, 0.29) is 11.8 Å². The van der Waals surface area contributed by atoms with Crippen LogP contribution < -0.4 is 10.1 Å². The molecule has 0 spiro atoms. The number of rotatable bonds is 4. The van der Waals surface area contributed by atoms with Crippen molar-refractivity contribution in [2.45, 2.75) is 6.04 Å². The van der Waals surface area contributed by atoms with E-state index in [2.05, 4.69) is 27.7 Å². The fourth-order valence-corrected chi connectivity index (χ4v) is 3.70. The summed E-state index contributed by atoms with van der Waals surface area (Å²) in [6.45, 7) is 4.03. The number of benzene rings is 1. The first-order valence-corrected chi connectivity index (χ1v) is 8.02. The molecule has 2 heterocycles. The van der Waals surface area contributed by atoms with Crippen LogP contribution in [0.15, 0.2) is 35.7 Å². The van der Waals surface area contributed by atoms with Gasteiger partial charge in [-0.15, -0.1) is 11.3 Å². The molecule has 112 valence electrons. The number of aromatic hydroxyl groups is 1. The van der Waals surface area contributed by atoms with Crippen molar-refractivity contribution >= 4 is 11.3 Å². The molecule has 1 aliphatic heterocycles. The fourth-order valence-electron chi connectivity index (χ4n) is 2.82. The van der Waals surface area contributed by atoms with E-state index in [4.69, 9.17) is 4.74 Å². The molecule has 1 aliphatic rings. The molecule has 21 heavy (non-hydrogen) atoms. The highest BCUT2D eigenvalue weighted by molar-refractivity contribution is 7.10. The number of phenolic OH excluding ortho intramolecular Hbond substituents is 1. The first kappa shape index (κ1) is 14.4. The van der Waals surface area contributed by atoms with Gasteiger partial charge in [0.2, 0.25) is 0 Å². The zero-order valence-corrected chi connectivity index (χ0v) is 12.9. The largest absolute Gasteiger partial charge is 0.504 e. The molecule has 1 atom stereocenters. The second-order valence-electron chi connectivity index (χ2n) is 5.14. The lowest BCUT2D eigenvalue weighted by molar-refractivity contribution is 0.200. The van der Waals surface area contributed by atoms with Crippen LogP contribution in [-0.4, -0.2) is 43.3 Å². The molecule has 2 N–H and O–H groups in total. The maximum atomic E-state index is 10.1. The van der Waals surface area contributed by atoms with Crippen molar-refractivity contribution in [3.63, 3.8) is 0 Å². The van der Waals surface area contributed by atoms with Gasteiger partial charge >= 0.3 is 0 Å². The van der Waals surface area contributed by atoms with Gasteiger partial charge in [-0.2, -0.15) is 0 Å². The van der Waals surface area contributed by atoms with E-state index in [9.17, 15) is 5.11 Å². The molecule has 0 aliphatic carbocycles. The number of hydrogen-bond donors (Lipinski definition) is 2.